The average Bonchev–Trinajstić information content (AvgIpc) is 3.16. The molecule has 0 saturated carbocycles. The van der Waals surface area contributed by atoms with E-state index in [1.54, 1.807) is 17.0 Å². The van der Waals surface area contributed by atoms with Gasteiger partial charge in [-0.3, -0.25) is 5.10 Å². The predicted molar refractivity (Wildman–Crippen MR) is 112 cm³/mol. The van der Waals surface area contributed by atoms with Crippen molar-refractivity contribution in [1.29, 1.82) is 5.26 Å². The molecule has 7 nitrogen and oxygen atoms in total. The molecular weight excluding hydrogens is 421 g/mol. The van der Waals surface area contributed by atoms with Gasteiger partial charge in [0.25, 0.3) is 0 Å². The van der Waals surface area contributed by atoms with E-state index in [1.165, 1.54) is 12.3 Å². The lowest BCUT2D eigenvalue weighted by Gasteiger charge is -2.43. The number of β-amino-alcohol motifs (C(OH)–C–C–N with tert-alkyl or cyclic N) is 1. The minimum atomic E-state index is -4.62. The lowest BCUT2D eigenvalue weighted by Crippen LogP contribution is -2.54. The number of fused-ring (bicyclic) bond motifs is 1. The highest BCUT2D eigenvalue weighted by atomic mass is 19.4. The molecule has 10 heteroatoms. The molecule has 0 bridgehead atoms. The lowest BCUT2D eigenvalue weighted by atomic mass is 9.77. The van der Waals surface area contributed by atoms with E-state index in [9.17, 15) is 23.5 Å². The largest absolute Gasteiger partial charge is 0.418 e. The Hall–Kier alpha value is -3.19. The van der Waals surface area contributed by atoms with E-state index in [4.69, 9.17) is 0 Å². The molecule has 4 rings (SSSR count). The summed E-state index contributed by atoms with van der Waals surface area (Å²) in [5, 5.41) is 27.8. The van der Waals surface area contributed by atoms with E-state index < -0.39 is 23.3 Å². The summed E-state index contributed by atoms with van der Waals surface area (Å²) in [4.78, 5) is 10.2. The Labute approximate surface area is 182 Å². The second kappa shape index (κ2) is 8.06. The Balaban J connectivity index is 1.78. The summed E-state index contributed by atoms with van der Waals surface area (Å²) in [5.41, 5.74) is -2.01. The molecule has 4 heterocycles. The maximum Gasteiger partial charge on any atom is 0.418 e. The van der Waals surface area contributed by atoms with Gasteiger partial charge in [-0.2, -0.15) is 23.5 Å². The number of aromatic amines is 1. The first-order valence-corrected chi connectivity index (χ1v) is 10.4. The highest BCUT2D eigenvalue weighted by Gasteiger charge is 2.43. The number of anilines is 1. The van der Waals surface area contributed by atoms with Gasteiger partial charge in [-0.15, -0.1) is 0 Å². The molecule has 0 radical (unpaired) electrons. The van der Waals surface area contributed by atoms with Crippen LogP contribution in [0.2, 0.25) is 0 Å². The Morgan fingerprint density at radius 1 is 1.34 bits per heavy atom. The number of halogens is 3. The van der Waals surface area contributed by atoms with Crippen molar-refractivity contribution in [2.75, 3.05) is 18.0 Å². The zero-order valence-corrected chi connectivity index (χ0v) is 17.7. The zero-order chi connectivity index (χ0) is 23.1. The third-order valence-corrected chi connectivity index (χ3v) is 5.79. The van der Waals surface area contributed by atoms with Gasteiger partial charge in [0.15, 0.2) is 5.65 Å². The monoisotopic (exact) mass is 444 g/mol. The van der Waals surface area contributed by atoms with Crippen molar-refractivity contribution in [2.24, 2.45) is 11.8 Å². The Kier molecular flexibility index (Phi) is 5.54. The van der Waals surface area contributed by atoms with Crippen LogP contribution in [-0.2, 0) is 6.18 Å². The van der Waals surface area contributed by atoms with Crippen molar-refractivity contribution in [2.45, 2.75) is 38.5 Å². The van der Waals surface area contributed by atoms with Crippen LogP contribution in [-0.4, -0.2) is 44.0 Å². The smallest absolute Gasteiger partial charge is 0.387 e. The molecule has 0 spiro atoms. The van der Waals surface area contributed by atoms with E-state index >= 15 is 0 Å². The number of pyridine rings is 2. The van der Waals surface area contributed by atoms with Crippen LogP contribution in [0.15, 0.2) is 30.5 Å². The van der Waals surface area contributed by atoms with Crippen LogP contribution in [0, 0.1) is 23.2 Å². The van der Waals surface area contributed by atoms with E-state index in [0.29, 0.717) is 36.2 Å². The third kappa shape index (κ3) is 4.00. The maximum absolute atomic E-state index is 13.8. The fourth-order valence-electron chi connectivity index (χ4n) is 4.44. The molecule has 3 aromatic heterocycles. The summed E-state index contributed by atoms with van der Waals surface area (Å²) in [6.07, 6.45) is -2.30. The number of piperidine rings is 1. The van der Waals surface area contributed by atoms with Gasteiger partial charge in [0, 0.05) is 24.7 Å². The number of H-pyrrole nitrogens is 1. The second-order valence-electron chi connectivity index (χ2n) is 8.63. The number of rotatable bonds is 4. The highest BCUT2D eigenvalue weighted by Crippen LogP contribution is 2.40. The normalized spacial score (nSPS) is 21.8. The van der Waals surface area contributed by atoms with Gasteiger partial charge < -0.3 is 10.0 Å². The SMILES string of the molecule is CC(C)CC1(O)CN(c2ccc(C(F)(F)F)c(-c3[nH]nc4ncccc34)n2)CCC1C#N. The minimum absolute atomic E-state index is 0.118. The van der Waals surface area contributed by atoms with Crippen molar-refractivity contribution in [3.8, 4) is 17.5 Å². The summed E-state index contributed by atoms with van der Waals surface area (Å²) >= 11 is 0. The maximum atomic E-state index is 13.8. The summed E-state index contributed by atoms with van der Waals surface area (Å²) < 4.78 is 41.4. The molecule has 0 amide bonds. The van der Waals surface area contributed by atoms with Gasteiger partial charge in [-0.05, 0) is 43.0 Å². The number of aromatic nitrogens is 4. The van der Waals surface area contributed by atoms with Crippen LogP contribution in [0.5, 0.6) is 0 Å². The molecule has 1 fully saturated rings. The van der Waals surface area contributed by atoms with Crippen molar-refractivity contribution >= 4 is 16.9 Å². The number of hydrogen-bond donors (Lipinski definition) is 2. The van der Waals surface area contributed by atoms with Crippen LogP contribution in [0.3, 0.4) is 0 Å². The average molecular weight is 444 g/mol. The molecule has 1 aliphatic rings. The van der Waals surface area contributed by atoms with E-state index in [-0.39, 0.29) is 23.9 Å². The zero-order valence-electron chi connectivity index (χ0n) is 17.7. The van der Waals surface area contributed by atoms with Crippen molar-refractivity contribution < 1.29 is 18.3 Å². The molecule has 2 atom stereocenters. The molecule has 1 aliphatic heterocycles. The fourth-order valence-corrected chi connectivity index (χ4v) is 4.44. The summed E-state index contributed by atoms with van der Waals surface area (Å²) in [6, 6.07) is 7.76. The second-order valence-corrected chi connectivity index (χ2v) is 8.63. The topological polar surface area (TPSA) is 102 Å². The van der Waals surface area contributed by atoms with Gasteiger partial charge in [-0.25, -0.2) is 9.97 Å². The minimum Gasteiger partial charge on any atom is -0.387 e. The fraction of sp³-hybridized carbons (Fsp3) is 0.455. The Morgan fingerprint density at radius 3 is 2.81 bits per heavy atom. The van der Waals surface area contributed by atoms with Gasteiger partial charge >= 0.3 is 6.18 Å². The molecule has 0 aliphatic carbocycles. The lowest BCUT2D eigenvalue weighted by molar-refractivity contribution is -0.137. The first-order chi connectivity index (χ1) is 15.1. The van der Waals surface area contributed by atoms with E-state index in [0.717, 1.165) is 6.07 Å². The summed E-state index contributed by atoms with van der Waals surface area (Å²) in [7, 11) is 0. The number of nitrogens with zero attached hydrogens (tertiary/aromatic N) is 5. The van der Waals surface area contributed by atoms with Gasteiger partial charge in [0.2, 0.25) is 0 Å². The van der Waals surface area contributed by atoms with E-state index in [1.807, 2.05) is 13.8 Å². The number of alkyl halides is 3. The number of nitrogens with one attached hydrogen (secondary N) is 1. The number of aliphatic hydroxyl groups is 1. The van der Waals surface area contributed by atoms with Crippen LogP contribution < -0.4 is 4.90 Å². The molecule has 1 saturated heterocycles. The quantitative estimate of drug-likeness (QED) is 0.626. The Morgan fingerprint density at radius 2 is 2.12 bits per heavy atom. The molecular formula is C22H23F3N6O. The molecule has 3 aromatic rings. The predicted octanol–water partition coefficient (Wildman–Crippen LogP) is 4.17. The van der Waals surface area contributed by atoms with Crippen molar-refractivity contribution in [1.82, 2.24) is 20.2 Å². The standard InChI is InChI=1S/C22H23F3N6O/c1-13(2)10-21(32)12-31(9-7-14(21)11-26)17-6-5-16(22(23,24)25)19(28-17)18-15-4-3-8-27-20(15)30-29-18/h3-6,8,13-14,32H,7,9-10,12H2,1-2H3,(H,27,29,30). The van der Waals surface area contributed by atoms with Crippen molar-refractivity contribution in [3.05, 3.63) is 36.0 Å². The van der Waals surface area contributed by atoms with Gasteiger partial charge in [0.1, 0.15) is 11.5 Å². The van der Waals surface area contributed by atoms with Gasteiger partial charge in [-0.1, -0.05) is 13.8 Å². The Bertz CT molecular complexity index is 1170. The van der Waals surface area contributed by atoms with Gasteiger partial charge in [0.05, 0.1) is 28.8 Å². The first kappa shape index (κ1) is 22.0. The van der Waals surface area contributed by atoms with Crippen LogP contribution >= 0.6 is 0 Å². The van der Waals surface area contributed by atoms with Crippen LogP contribution in [0.25, 0.3) is 22.4 Å². The number of nitriles is 1. The first-order valence-electron chi connectivity index (χ1n) is 10.4. The third-order valence-electron chi connectivity index (χ3n) is 5.79. The molecule has 32 heavy (non-hydrogen) atoms. The van der Waals surface area contributed by atoms with E-state index in [2.05, 4.69) is 26.2 Å². The van der Waals surface area contributed by atoms with Crippen LogP contribution in [0.1, 0.15) is 32.3 Å². The highest BCUT2D eigenvalue weighted by molar-refractivity contribution is 5.90. The number of hydrogen-bond acceptors (Lipinski definition) is 6. The molecule has 2 unspecified atom stereocenters. The molecule has 2 N–H and O–H groups in total. The molecule has 168 valence electrons. The summed E-state index contributed by atoms with van der Waals surface area (Å²) in [5.74, 6) is -0.0910. The molecule has 0 aromatic carbocycles. The summed E-state index contributed by atoms with van der Waals surface area (Å²) in [6.45, 7) is 4.43. The van der Waals surface area contributed by atoms with Crippen LogP contribution in [0.4, 0.5) is 19.0 Å². The van der Waals surface area contributed by atoms with Crippen molar-refractivity contribution in [3.63, 3.8) is 0 Å².